The highest BCUT2D eigenvalue weighted by molar-refractivity contribution is 14.0. The first-order chi connectivity index (χ1) is 12.3. The summed E-state index contributed by atoms with van der Waals surface area (Å²) in [5.41, 5.74) is 1.01. The third-order valence-electron chi connectivity index (χ3n) is 5.56. The lowest BCUT2D eigenvalue weighted by atomic mass is 9.86. The average Bonchev–Trinajstić information content (AvgIpc) is 3.17. The molecule has 0 spiro atoms. The van der Waals surface area contributed by atoms with Crippen LogP contribution in [0.1, 0.15) is 50.6 Å². The van der Waals surface area contributed by atoms with E-state index >= 15 is 0 Å². The number of aromatic nitrogens is 1. The van der Waals surface area contributed by atoms with Gasteiger partial charge in [-0.25, -0.2) is 0 Å². The molecule has 1 saturated heterocycles. The minimum absolute atomic E-state index is 0. The van der Waals surface area contributed by atoms with Crippen molar-refractivity contribution in [3.05, 3.63) is 18.0 Å². The predicted octanol–water partition coefficient (Wildman–Crippen LogP) is 3.35. The Bertz CT molecular complexity index is 508. The molecule has 1 aromatic heterocycles. The second-order valence-electron chi connectivity index (χ2n) is 7.37. The highest BCUT2D eigenvalue weighted by Gasteiger charge is 2.20. The molecule has 148 valence electrons. The maximum Gasteiger partial charge on any atom is 0.193 e. The van der Waals surface area contributed by atoms with Gasteiger partial charge in [0.05, 0.1) is 5.69 Å². The topological polar surface area (TPSA) is 56.9 Å². The van der Waals surface area contributed by atoms with Crippen LogP contribution in [-0.4, -0.2) is 60.7 Å². The van der Waals surface area contributed by atoms with E-state index in [0.717, 1.165) is 56.8 Å². The molecule has 0 unspecified atom stereocenters. The number of hydrogen-bond donors (Lipinski definition) is 1. The first kappa shape index (κ1) is 21.5. The van der Waals surface area contributed by atoms with Crippen LogP contribution in [0.25, 0.3) is 0 Å². The van der Waals surface area contributed by atoms with Gasteiger partial charge in [0, 0.05) is 52.4 Å². The minimum atomic E-state index is 0. The van der Waals surface area contributed by atoms with Gasteiger partial charge >= 0.3 is 0 Å². The lowest BCUT2D eigenvalue weighted by Crippen LogP contribution is -2.52. The Labute approximate surface area is 174 Å². The van der Waals surface area contributed by atoms with Gasteiger partial charge in [0.1, 0.15) is 6.26 Å². The molecular formula is C19H34IN5O. The molecule has 0 atom stereocenters. The third kappa shape index (κ3) is 6.72. The van der Waals surface area contributed by atoms with E-state index in [-0.39, 0.29) is 24.0 Å². The molecule has 2 aliphatic rings. The van der Waals surface area contributed by atoms with Gasteiger partial charge in [-0.05, 0) is 18.8 Å². The predicted molar refractivity (Wildman–Crippen MR) is 116 cm³/mol. The van der Waals surface area contributed by atoms with E-state index in [1.165, 1.54) is 44.9 Å². The number of halogens is 1. The van der Waals surface area contributed by atoms with Gasteiger partial charge in [0.15, 0.2) is 5.96 Å². The summed E-state index contributed by atoms with van der Waals surface area (Å²) in [6, 6.07) is 1.94. The van der Waals surface area contributed by atoms with Crippen LogP contribution < -0.4 is 5.32 Å². The van der Waals surface area contributed by atoms with Crippen molar-refractivity contribution in [1.82, 2.24) is 20.3 Å². The second kappa shape index (κ2) is 11.8. The molecule has 6 nitrogen and oxygen atoms in total. The smallest absolute Gasteiger partial charge is 0.193 e. The van der Waals surface area contributed by atoms with Crippen LogP contribution in [0.3, 0.4) is 0 Å². The maximum atomic E-state index is 4.92. The van der Waals surface area contributed by atoms with Gasteiger partial charge < -0.3 is 14.7 Å². The van der Waals surface area contributed by atoms with Gasteiger partial charge in [0.2, 0.25) is 0 Å². The highest BCUT2D eigenvalue weighted by Crippen LogP contribution is 2.26. The SMILES string of the molecule is CN=C(NCCCC1CCCCC1)N1CCN(Cc2ccon2)CC1.I. The summed E-state index contributed by atoms with van der Waals surface area (Å²) >= 11 is 0. The van der Waals surface area contributed by atoms with Gasteiger partial charge in [-0.2, -0.15) is 0 Å². The first-order valence-corrected chi connectivity index (χ1v) is 9.92. The summed E-state index contributed by atoms with van der Waals surface area (Å²) in [4.78, 5) is 9.28. The monoisotopic (exact) mass is 475 g/mol. The Morgan fingerprint density at radius 1 is 1.23 bits per heavy atom. The number of piperazine rings is 1. The molecule has 1 aliphatic carbocycles. The summed E-state index contributed by atoms with van der Waals surface area (Å²) in [5.74, 6) is 2.03. The van der Waals surface area contributed by atoms with E-state index in [2.05, 4.69) is 25.3 Å². The molecule has 1 N–H and O–H groups in total. The molecule has 2 fully saturated rings. The standard InChI is InChI=1S/C19H33N5O.HI/c1-20-19(21-10-5-8-17-6-3-2-4-7-17)24-13-11-23(12-14-24)16-18-9-15-25-22-18;/h9,15,17H,2-8,10-14,16H2,1H3,(H,20,21);1H. The van der Waals surface area contributed by atoms with Crippen LogP contribution in [0, 0.1) is 5.92 Å². The number of rotatable bonds is 6. The maximum absolute atomic E-state index is 4.92. The fourth-order valence-corrected chi connectivity index (χ4v) is 4.07. The lowest BCUT2D eigenvalue weighted by molar-refractivity contribution is 0.169. The van der Waals surface area contributed by atoms with Gasteiger partial charge in [0.25, 0.3) is 0 Å². The third-order valence-corrected chi connectivity index (χ3v) is 5.56. The van der Waals surface area contributed by atoms with Crippen LogP contribution >= 0.6 is 24.0 Å². The van der Waals surface area contributed by atoms with E-state index in [4.69, 9.17) is 4.52 Å². The summed E-state index contributed by atoms with van der Waals surface area (Å²) in [6.07, 6.45) is 11.5. The van der Waals surface area contributed by atoms with Crippen LogP contribution in [0.2, 0.25) is 0 Å². The van der Waals surface area contributed by atoms with E-state index < -0.39 is 0 Å². The number of aliphatic imine (C=N–C) groups is 1. The fraction of sp³-hybridized carbons (Fsp3) is 0.789. The zero-order valence-electron chi connectivity index (χ0n) is 16.0. The van der Waals surface area contributed by atoms with Crippen LogP contribution in [-0.2, 0) is 6.54 Å². The zero-order valence-corrected chi connectivity index (χ0v) is 18.4. The summed E-state index contributed by atoms with van der Waals surface area (Å²) in [6.45, 7) is 6.02. The van der Waals surface area contributed by atoms with E-state index in [9.17, 15) is 0 Å². The Hall–Kier alpha value is -0.830. The first-order valence-electron chi connectivity index (χ1n) is 9.92. The Balaban J connectivity index is 0.00000243. The Morgan fingerprint density at radius 3 is 2.65 bits per heavy atom. The van der Waals surface area contributed by atoms with Crippen molar-refractivity contribution in [2.75, 3.05) is 39.8 Å². The fourth-order valence-electron chi connectivity index (χ4n) is 4.07. The quantitative estimate of drug-likeness (QED) is 0.296. The molecule has 1 aliphatic heterocycles. The number of nitrogens with one attached hydrogen (secondary N) is 1. The molecule has 26 heavy (non-hydrogen) atoms. The molecule has 2 heterocycles. The van der Waals surface area contributed by atoms with E-state index in [0.29, 0.717) is 0 Å². The summed E-state index contributed by atoms with van der Waals surface area (Å²) < 4.78 is 4.92. The summed E-state index contributed by atoms with van der Waals surface area (Å²) in [5, 5.41) is 7.57. The second-order valence-corrected chi connectivity index (χ2v) is 7.37. The van der Waals surface area contributed by atoms with Crippen molar-refractivity contribution >= 4 is 29.9 Å². The molecule has 0 aromatic carbocycles. The number of hydrogen-bond acceptors (Lipinski definition) is 4. The highest BCUT2D eigenvalue weighted by atomic mass is 127. The molecule has 0 bridgehead atoms. The average molecular weight is 475 g/mol. The Kier molecular flexibility index (Phi) is 9.74. The lowest BCUT2D eigenvalue weighted by Gasteiger charge is -2.36. The van der Waals surface area contributed by atoms with Crippen molar-refractivity contribution in [2.24, 2.45) is 10.9 Å². The van der Waals surface area contributed by atoms with Gasteiger partial charge in [-0.1, -0.05) is 37.3 Å². The van der Waals surface area contributed by atoms with E-state index in [1.807, 2.05) is 13.1 Å². The minimum Gasteiger partial charge on any atom is -0.364 e. The number of nitrogens with zero attached hydrogens (tertiary/aromatic N) is 4. The van der Waals surface area contributed by atoms with Crippen LogP contribution in [0.4, 0.5) is 0 Å². The van der Waals surface area contributed by atoms with Gasteiger partial charge in [-0.15, -0.1) is 24.0 Å². The molecular weight excluding hydrogens is 441 g/mol. The summed E-state index contributed by atoms with van der Waals surface area (Å²) in [7, 11) is 1.89. The van der Waals surface area contributed by atoms with Gasteiger partial charge in [-0.3, -0.25) is 9.89 Å². The molecule has 1 aromatic rings. The largest absolute Gasteiger partial charge is 0.364 e. The van der Waals surface area contributed by atoms with Crippen molar-refractivity contribution in [3.63, 3.8) is 0 Å². The van der Waals surface area contributed by atoms with Crippen molar-refractivity contribution in [1.29, 1.82) is 0 Å². The van der Waals surface area contributed by atoms with Crippen LogP contribution in [0.5, 0.6) is 0 Å². The molecule has 1 saturated carbocycles. The Morgan fingerprint density at radius 2 is 2.00 bits per heavy atom. The molecule has 0 radical (unpaired) electrons. The van der Waals surface area contributed by atoms with Crippen molar-refractivity contribution < 1.29 is 4.52 Å². The molecule has 7 heteroatoms. The molecule has 3 rings (SSSR count). The zero-order chi connectivity index (χ0) is 17.3. The van der Waals surface area contributed by atoms with Crippen molar-refractivity contribution in [3.8, 4) is 0 Å². The van der Waals surface area contributed by atoms with Crippen LogP contribution in [0.15, 0.2) is 21.8 Å². The molecule has 0 amide bonds. The van der Waals surface area contributed by atoms with Crippen molar-refractivity contribution in [2.45, 2.75) is 51.5 Å². The van der Waals surface area contributed by atoms with E-state index in [1.54, 1.807) is 6.26 Å². The number of guanidine groups is 1. The normalized spacial score (nSPS) is 20.0.